The molecule has 4 nitrogen and oxygen atoms in total. The lowest BCUT2D eigenvalue weighted by atomic mass is 10.1. The summed E-state index contributed by atoms with van der Waals surface area (Å²) in [6.07, 6.45) is 4.01. The topological polar surface area (TPSA) is 43.3 Å². The Hall–Kier alpha value is -1.29. The van der Waals surface area contributed by atoms with Gasteiger partial charge < -0.3 is 14.6 Å². The molecule has 0 aliphatic heterocycles. The van der Waals surface area contributed by atoms with E-state index in [2.05, 4.69) is 19.2 Å². The number of ether oxygens (including phenoxy) is 1. The Bertz CT molecular complexity index is 383. The van der Waals surface area contributed by atoms with E-state index in [1.54, 1.807) is 17.7 Å². The zero-order valence-corrected chi connectivity index (χ0v) is 10.9. The van der Waals surface area contributed by atoms with E-state index in [9.17, 15) is 4.79 Å². The number of anilines is 1. The number of hydrogen-bond donors (Lipinski definition) is 1. The molecule has 0 saturated carbocycles. The van der Waals surface area contributed by atoms with Crippen molar-refractivity contribution in [1.29, 1.82) is 0 Å². The first-order valence-corrected chi connectivity index (χ1v) is 6.17. The van der Waals surface area contributed by atoms with Crippen molar-refractivity contribution < 1.29 is 4.74 Å². The molecule has 96 valence electrons. The molecule has 0 aliphatic rings. The van der Waals surface area contributed by atoms with Crippen LogP contribution in [0.15, 0.2) is 23.1 Å². The third-order valence-corrected chi connectivity index (χ3v) is 2.88. The van der Waals surface area contributed by atoms with Crippen LogP contribution in [0.2, 0.25) is 0 Å². The largest absolute Gasteiger partial charge is 0.383 e. The highest BCUT2D eigenvalue weighted by molar-refractivity contribution is 5.41. The maximum atomic E-state index is 11.6. The molecule has 1 heterocycles. The molecule has 1 N–H and O–H groups in total. The lowest BCUT2D eigenvalue weighted by molar-refractivity contribution is 0.186. The molecule has 1 aromatic rings. The smallest absolute Gasteiger partial charge is 0.250 e. The van der Waals surface area contributed by atoms with E-state index >= 15 is 0 Å². The molecule has 4 heteroatoms. The summed E-state index contributed by atoms with van der Waals surface area (Å²) in [5.74, 6) is 0. The highest BCUT2D eigenvalue weighted by Crippen LogP contribution is 2.09. The third-order valence-electron chi connectivity index (χ3n) is 2.88. The fourth-order valence-electron chi connectivity index (χ4n) is 1.71. The van der Waals surface area contributed by atoms with E-state index in [0.717, 1.165) is 18.5 Å². The van der Waals surface area contributed by atoms with Gasteiger partial charge in [-0.25, -0.2) is 0 Å². The Morgan fingerprint density at radius 3 is 2.65 bits per heavy atom. The normalized spacial score (nSPS) is 10.8. The minimum absolute atomic E-state index is 0.0112. The number of hydrogen-bond acceptors (Lipinski definition) is 3. The summed E-state index contributed by atoms with van der Waals surface area (Å²) in [5.41, 5.74) is 1.01. The number of pyridine rings is 1. The fourth-order valence-corrected chi connectivity index (χ4v) is 1.71. The number of aromatic nitrogens is 1. The Labute approximate surface area is 103 Å². The molecule has 17 heavy (non-hydrogen) atoms. The third kappa shape index (κ3) is 4.23. The SMILES string of the molecule is CCC(CC)Nc1ccc(=O)n(CCOC)c1. The minimum atomic E-state index is 0.0112. The van der Waals surface area contributed by atoms with Gasteiger partial charge in [0, 0.05) is 32.0 Å². The van der Waals surface area contributed by atoms with Crippen LogP contribution in [0.5, 0.6) is 0 Å². The molecule has 0 amide bonds. The van der Waals surface area contributed by atoms with Crippen LogP contribution in [0.25, 0.3) is 0 Å². The lowest BCUT2D eigenvalue weighted by Gasteiger charge is -2.17. The monoisotopic (exact) mass is 238 g/mol. The summed E-state index contributed by atoms with van der Waals surface area (Å²) in [7, 11) is 1.64. The zero-order chi connectivity index (χ0) is 12.7. The molecule has 1 rings (SSSR count). The van der Waals surface area contributed by atoms with Gasteiger partial charge in [0.2, 0.25) is 0 Å². The summed E-state index contributed by atoms with van der Waals surface area (Å²) >= 11 is 0. The van der Waals surface area contributed by atoms with Gasteiger partial charge in [0.25, 0.3) is 5.56 Å². The van der Waals surface area contributed by atoms with Crippen LogP contribution in [0, 0.1) is 0 Å². The fraction of sp³-hybridized carbons (Fsp3) is 0.615. The van der Waals surface area contributed by atoms with Crippen LogP contribution in [-0.4, -0.2) is 24.3 Å². The van der Waals surface area contributed by atoms with Crippen molar-refractivity contribution >= 4 is 5.69 Å². The lowest BCUT2D eigenvalue weighted by Crippen LogP contribution is -2.23. The predicted octanol–water partition coefficient (Wildman–Crippen LogP) is 2.10. The van der Waals surface area contributed by atoms with E-state index < -0.39 is 0 Å². The highest BCUT2D eigenvalue weighted by Gasteiger charge is 2.04. The van der Waals surface area contributed by atoms with Crippen LogP contribution in [0.4, 0.5) is 5.69 Å². The second kappa shape index (κ2) is 7.12. The molecular formula is C13H22N2O2. The molecule has 0 radical (unpaired) electrons. The number of methoxy groups -OCH3 is 1. The number of nitrogens with one attached hydrogen (secondary N) is 1. The highest BCUT2D eigenvalue weighted by atomic mass is 16.5. The number of nitrogens with zero attached hydrogens (tertiary/aromatic N) is 1. The van der Waals surface area contributed by atoms with Gasteiger partial charge in [0.1, 0.15) is 0 Å². The van der Waals surface area contributed by atoms with E-state index in [1.165, 1.54) is 0 Å². The van der Waals surface area contributed by atoms with Gasteiger partial charge in [-0.1, -0.05) is 13.8 Å². The molecule has 0 atom stereocenters. The molecule has 0 aromatic carbocycles. The quantitative estimate of drug-likeness (QED) is 0.791. The van der Waals surface area contributed by atoms with E-state index in [-0.39, 0.29) is 5.56 Å². The van der Waals surface area contributed by atoms with Crippen molar-refractivity contribution in [3.05, 3.63) is 28.7 Å². The van der Waals surface area contributed by atoms with Crippen LogP contribution < -0.4 is 10.9 Å². The first-order valence-electron chi connectivity index (χ1n) is 6.17. The Balaban J connectivity index is 2.77. The maximum absolute atomic E-state index is 11.6. The molecule has 0 fully saturated rings. The summed E-state index contributed by atoms with van der Waals surface area (Å²) in [4.78, 5) is 11.6. The minimum Gasteiger partial charge on any atom is -0.383 e. The predicted molar refractivity (Wildman–Crippen MR) is 70.6 cm³/mol. The Morgan fingerprint density at radius 1 is 1.35 bits per heavy atom. The van der Waals surface area contributed by atoms with Gasteiger partial charge in [0.05, 0.1) is 12.3 Å². The molecule has 0 saturated heterocycles. The van der Waals surface area contributed by atoms with Crippen LogP contribution in [-0.2, 0) is 11.3 Å². The summed E-state index contributed by atoms with van der Waals surface area (Å²) in [5, 5.41) is 3.42. The van der Waals surface area contributed by atoms with Crippen molar-refractivity contribution in [3.63, 3.8) is 0 Å². The van der Waals surface area contributed by atoms with Crippen molar-refractivity contribution in [2.45, 2.75) is 39.3 Å². The Morgan fingerprint density at radius 2 is 2.06 bits per heavy atom. The van der Waals surface area contributed by atoms with E-state index in [4.69, 9.17) is 4.74 Å². The molecule has 1 aromatic heterocycles. The van der Waals surface area contributed by atoms with E-state index in [1.807, 2.05) is 12.3 Å². The van der Waals surface area contributed by atoms with Crippen molar-refractivity contribution in [1.82, 2.24) is 4.57 Å². The molecule has 0 bridgehead atoms. The van der Waals surface area contributed by atoms with Gasteiger partial charge in [-0.3, -0.25) is 4.79 Å². The van der Waals surface area contributed by atoms with Crippen molar-refractivity contribution in [2.75, 3.05) is 19.0 Å². The summed E-state index contributed by atoms with van der Waals surface area (Å²) < 4.78 is 6.66. The first kappa shape index (κ1) is 13.8. The van der Waals surface area contributed by atoms with Gasteiger partial charge >= 0.3 is 0 Å². The second-order valence-corrected chi connectivity index (χ2v) is 4.10. The standard InChI is InChI=1S/C13H22N2O2/c1-4-11(5-2)14-12-6-7-13(16)15(10-12)8-9-17-3/h6-7,10-11,14H,4-5,8-9H2,1-3H3. The molecular weight excluding hydrogens is 216 g/mol. The molecule has 0 spiro atoms. The summed E-state index contributed by atoms with van der Waals surface area (Å²) in [6, 6.07) is 3.90. The van der Waals surface area contributed by atoms with Crippen molar-refractivity contribution in [2.24, 2.45) is 0 Å². The molecule has 0 unspecified atom stereocenters. The van der Waals surface area contributed by atoms with Crippen LogP contribution in [0.1, 0.15) is 26.7 Å². The first-order chi connectivity index (χ1) is 8.21. The average Bonchev–Trinajstić information content (AvgIpc) is 2.36. The number of rotatable bonds is 7. The van der Waals surface area contributed by atoms with Crippen LogP contribution >= 0.6 is 0 Å². The molecule has 0 aliphatic carbocycles. The summed E-state index contributed by atoms with van der Waals surface area (Å²) in [6.45, 7) is 5.45. The van der Waals surface area contributed by atoms with Crippen LogP contribution in [0.3, 0.4) is 0 Å². The second-order valence-electron chi connectivity index (χ2n) is 4.10. The van der Waals surface area contributed by atoms with Gasteiger partial charge in [-0.2, -0.15) is 0 Å². The van der Waals surface area contributed by atoms with Gasteiger partial charge in [0.15, 0.2) is 0 Å². The Kier molecular flexibility index (Phi) is 5.77. The average molecular weight is 238 g/mol. The van der Waals surface area contributed by atoms with Gasteiger partial charge in [-0.15, -0.1) is 0 Å². The zero-order valence-electron chi connectivity index (χ0n) is 10.9. The van der Waals surface area contributed by atoms with Gasteiger partial charge in [-0.05, 0) is 18.9 Å². The maximum Gasteiger partial charge on any atom is 0.250 e. The van der Waals surface area contributed by atoms with E-state index in [0.29, 0.717) is 19.2 Å². The van der Waals surface area contributed by atoms with Crippen molar-refractivity contribution in [3.8, 4) is 0 Å².